The Morgan fingerprint density at radius 1 is 1.22 bits per heavy atom. The molecule has 1 aliphatic heterocycles. The van der Waals surface area contributed by atoms with Gasteiger partial charge < -0.3 is 20.3 Å². The first-order chi connectivity index (χ1) is 8.49. The van der Waals surface area contributed by atoms with Crippen LogP contribution in [0.15, 0.2) is 0 Å². The molecule has 0 saturated carbocycles. The second-order valence-electron chi connectivity index (χ2n) is 5.34. The molecule has 1 heterocycles. The summed E-state index contributed by atoms with van der Waals surface area (Å²) in [6.07, 6.45) is 1.86. The summed E-state index contributed by atoms with van der Waals surface area (Å²) in [5.41, 5.74) is 5.09. The Hall–Kier alpha value is -0.650. The van der Waals surface area contributed by atoms with Crippen molar-refractivity contribution in [3.63, 3.8) is 0 Å². The third kappa shape index (κ3) is 4.55. The maximum atomic E-state index is 11.5. The average Bonchev–Trinajstić information content (AvgIpc) is 2.37. The number of nitrogens with zero attached hydrogens (tertiary/aromatic N) is 2. The van der Waals surface area contributed by atoms with E-state index in [0.717, 1.165) is 32.7 Å². The summed E-state index contributed by atoms with van der Waals surface area (Å²) < 4.78 is 4.71. The van der Waals surface area contributed by atoms with Gasteiger partial charge in [0.05, 0.1) is 7.11 Å². The van der Waals surface area contributed by atoms with Gasteiger partial charge in [-0.1, -0.05) is 6.92 Å². The van der Waals surface area contributed by atoms with E-state index in [2.05, 4.69) is 16.7 Å². The molecule has 5 nitrogen and oxygen atoms in total. The molecule has 0 aromatic carbocycles. The van der Waals surface area contributed by atoms with Gasteiger partial charge in [0.15, 0.2) is 0 Å². The van der Waals surface area contributed by atoms with Crippen molar-refractivity contribution in [2.24, 2.45) is 5.73 Å². The van der Waals surface area contributed by atoms with Gasteiger partial charge in [-0.15, -0.1) is 0 Å². The summed E-state index contributed by atoms with van der Waals surface area (Å²) >= 11 is 0. The highest BCUT2D eigenvalue weighted by atomic mass is 16.5. The fraction of sp³-hybridized carbons (Fsp3) is 0.923. The predicted molar refractivity (Wildman–Crippen MR) is 72.4 cm³/mol. The Bertz CT molecular complexity index is 261. The monoisotopic (exact) mass is 257 g/mol. The topological polar surface area (TPSA) is 58.8 Å². The van der Waals surface area contributed by atoms with E-state index in [1.165, 1.54) is 20.1 Å². The molecule has 1 atom stereocenters. The number of hydrogen-bond acceptors (Lipinski definition) is 5. The molecule has 1 fully saturated rings. The van der Waals surface area contributed by atoms with E-state index in [-0.39, 0.29) is 5.97 Å². The first-order valence-electron chi connectivity index (χ1n) is 6.81. The van der Waals surface area contributed by atoms with Crippen LogP contribution in [-0.2, 0) is 9.53 Å². The Morgan fingerprint density at radius 2 is 1.72 bits per heavy atom. The van der Waals surface area contributed by atoms with Crippen molar-refractivity contribution in [2.75, 3.05) is 46.4 Å². The van der Waals surface area contributed by atoms with Crippen molar-refractivity contribution in [2.45, 2.75) is 32.2 Å². The number of rotatable bonds is 6. The van der Waals surface area contributed by atoms with Crippen LogP contribution < -0.4 is 5.73 Å². The predicted octanol–water partition coefficient (Wildman–Crippen LogP) is 0.295. The van der Waals surface area contributed by atoms with Crippen LogP contribution in [0.5, 0.6) is 0 Å². The summed E-state index contributed by atoms with van der Waals surface area (Å²) in [5, 5.41) is 0. The van der Waals surface area contributed by atoms with E-state index in [4.69, 9.17) is 10.5 Å². The third-order valence-corrected chi connectivity index (χ3v) is 3.60. The van der Waals surface area contributed by atoms with E-state index in [9.17, 15) is 4.79 Å². The minimum absolute atomic E-state index is 0.327. The highest BCUT2D eigenvalue weighted by Gasteiger charge is 2.30. The largest absolute Gasteiger partial charge is 0.468 e. The summed E-state index contributed by atoms with van der Waals surface area (Å²) in [4.78, 5) is 16.3. The summed E-state index contributed by atoms with van der Waals surface area (Å²) in [5.74, 6) is -0.327. The first kappa shape index (κ1) is 15.4. The summed E-state index contributed by atoms with van der Waals surface area (Å²) in [6, 6.07) is 0. The van der Waals surface area contributed by atoms with Gasteiger partial charge in [0, 0.05) is 32.7 Å². The first-order valence-corrected chi connectivity index (χ1v) is 6.81. The van der Waals surface area contributed by atoms with Crippen LogP contribution in [0.1, 0.15) is 26.7 Å². The molecule has 0 aromatic rings. The van der Waals surface area contributed by atoms with Crippen LogP contribution >= 0.6 is 0 Å². The highest BCUT2D eigenvalue weighted by molar-refractivity contribution is 5.79. The van der Waals surface area contributed by atoms with Gasteiger partial charge in [-0.2, -0.15) is 0 Å². The lowest BCUT2D eigenvalue weighted by atomic mass is 9.99. The highest BCUT2D eigenvalue weighted by Crippen LogP contribution is 2.11. The quantitative estimate of drug-likeness (QED) is 0.693. The third-order valence-electron chi connectivity index (χ3n) is 3.60. The molecule has 5 heteroatoms. The lowest BCUT2D eigenvalue weighted by Gasteiger charge is -2.35. The maximum absolute atomic E-state index is 11.5. The van der Waals surface area contributed by atoms with Crippen LogP contribution in [0.3, 0.4) is 0 Å². The zero-order chi connectivity index (χ0) is 13.6. The van der Waals surface area contributed by atoms with Crippen molar-refractivity contribution < 1.29 is 9.53 Å². The smallest absolute Gasteiger partial charge is 0.325 e. The van der Waals surface area contributed by atoms with E-state index < -0.39 is 5.54 Å². The van der Waals surface area contributed by atoms with Crippen molar-refractivity contribution in [3.8, 4) is 0 Å². The van der Waals surface area contributed by atoms with E-state index >= 15 is 0 Å². The molecule has 1 unspecified atom stereocenters. The number of piperazine rings is 1. The van der Waals surface area contributed by atoms with Gasteiger partial charge in [0.25, 0.3) is 0 Å². The molecule has 106 valence electrons. The molecule has 0 aromatic heterocycles. The van der Waals surface area contributed by atoms with Gasteiger partial charge in [-0.05, 0) is 26.3 Å². The number of esters is 1. The van der Waals surface area contributed by atoms with Gasteiger partial charge in [0.2, 0.25) is 0 Å². The van der Waals surface area contributed by atoms with Gasteiger partial charge in [-0.3, -0.25) is 4.79 Å². The van der Waals surface area contributed by atoms with E-state index in [0.29, 0.717) is 6.42 Å². The Morgan fingerprint density at radius 3 is 2.17 bits per heavy atom. The Labute approximate surface area is 110 Å². The number of hydrogen-bond donors (Lipinski definition) is 1. The van der Waals surface area contributed by atoms with Crippen LogP contribution in [0.4, 0.5) is 0 Å². The molecule has 0 radical (unpaired) electrons. The molecule has 1 aliphatic rings. The average molecular weight is 257 g/mol. The van der Waals surface area contributed by atoms with Crippen molar-refractivity contribution in [1.29, 1.82) is 0 Å². The molecular formula is C13H27N3O2. The zero-order valence-electron chi connectivity index (χ0n) is 11.9. The molecule has 0 amide bonds. The molecule has 0 spiro atoms. The number of carbonyl (C=O) groups excluding carboxylic acids is 1. The van der Waals surface area contributed by atoms with Gasteiger partial charge in [-0.25, -0.2) is 0 Å². The van der Waals surface area contributed by atoms with Crippen LogP contribution in [0.25, 0.3) is 0 Å². The van der Waals surface area contributed by atoms with Crippen molar-refractivity contribution in [1.82, 2.24) is 9.80 Å². The van der Waals surface area contributed by atoms with Crippen LogP contribution in [0.2, 0.25) is 0 Å². The summed E-state index contributed by atoms with van der Waals surface area (Å²) in [7, 11) is 1.39. The molecule has 0 aliphatic carbocycles. The second kappa shape index (κ2) is 7.07. The minimum Gasteiger partial charge on any atom is -0.468 e. The molecule has 18 heavy (non-hydrogen) atoms. The summed E-state index contributed by atoms with van der Waals surface area (Å²) in [6.45, 7) is 10.4. The standard InChI is InChI=1S/C13H27N3O2/c1-4-6-15-8-10-16(11-9-15)7-5-13(2,14)12(17)18-3/h4-11,14H2,1-3H3. The maximum Gasteiger partial charge on any atom is 0.325 e. The van der Waals surface area contributed by atoms with E-state index in [1.54, 1.807) is 6.92 Å². The van der Waals surface area contributed by atoms with Gasteiger partial charge in [0.1, 0.15) is 5.54 Å². The number of ether oxygens (including phenoxy) is 1. The molecule has 2 N–H and O–H groups in total. The fourth-order valence-corrected chi connectivity index (χ4v) is 2.28. The molecule has 0 bridgehead atoms. The normalized spacial score (nSPS) is 21.6. The number of carbonyl (C=O) groups is 1. The Balaban J connectivity index is 2.27. The zero-order valence-corrected chi connectivity index (χ0v) is 11.9. The van der Waals surface area contributed by atoms with Crippen molar-refractivity contribution in [3.05, 3.63) is 0 Å². The lowest BCUT2D eigenvalue weighted by Crippen LogP contribution is -2.51. The Kier molecular flexibility index (Phi) is 6.05. The molecule has 1 saturated heterocycles. The van der Waals surface area contributed by atoms with Crippen LogP contribution in [0, 0.1) is 0 Å². The van der Waals surface area contributed by atoms with E-state index in [1.807, 2.05) is 0 Å². The van der Waals surface area contributed by atoms with Crippen molar-refractivity contribution >= 4 is 5.97 Å². The molecule has 1 rings (SSSR count). The lowest BCUT2D eigenvalue weighted by molar-refractivity contribution is -0.146. The van der Waals surface area contributed by atoms with Crippen LogP contribution in [-0.4, -0.2) is 67.7 Å². The van der Waals surface area contributed by atoms with Gasteiger partial charge >= 0.3 is 5.97 Å². The minimum atomic E-state index is -0.866. The second-order valence-corrected chi connectivity index (χ2v) is 5.34. The number of nitrogens with two attached hydrogens (primary N) is 1. The molecular weight excluding hydrogens is 230 g/mol. The fourth-order valence-electron chi connectivity index (χ4n) is 2.28. The SMILES string of the molecule is CCCN1CCN(CCC(C)(N)C(=O)OC)CC1. The number of methoxy groups -OCH3 is 1.